The summed E-state index contributed by atoms with van der Waals surface area (Å²) < 4.78 is 38.1. The average Bonchev–Trinajstić information content (AvgIpc) is 2.15. The van der Waals surface area contributed by atoms with Crippen molar-refractivity contribution in [2.75, 3.05) is 6.54 Å². The van der Waals surface area contributed by atoms with Gasteiger partial charge < -0.3 is 5.32 Å². The summed E-state index contributed by atoms with van der Waals surface area (Å²) in [6, 6.07) is 5.27. The zero-order valence-electron chi connectivity index (χ0n) is 8.36. The Hall–Kier alpha value is -1.03. The maximum atomic E-state index is 12.7. The summed E-state index contributed by atoms with van der Waals surface area (Å²) in [7, 11) is 0. The van der Waals surface area contributed by atoms with Crippen molar-refractivity contribution in [1.29, 1.82) is 0 Å². The van der Waals surface area contributed by atoms with E-state index in [4.69, 9.17) is 0 Å². The first kappa shape index (κ1) is 10.5. The Balaban J connectivity index is 2.45. The molecule has 1 aromatic rings. The highest BCUT2D eigenvalue weighted by atomic mass is 19.4. The Morgan fingerprint density at radius 1 is 1.33 bits per heavy atom. The molecule has 0 saturated heterocycles. The molecule has 0 aliphatic carbocycles. The molecule has 15 heavy (non-hydrogen) atoms. The van der Waals surface area contributed by atoms with Gasteiger partial charge in [-0.25, -0.2) is 0 Å². The van der Waals surface area contributed by atoms with Crippen LogP contribution in [0.4, 0.5) is 13.2 Å². The van der Waals surface area contributed by atoms with Gasteiger partial charge in [0, 0.05) is 13.1 Å². The van der Waals surface area contributed by atoms with E-state index < -0.39 is 12.1 Å². The van der Waals surface area contributed by atoms with Gasteiger partial charge in [0.1, 0.15) is 0 Å². The fourth-order valence-corrected chi connectivity index (χ4v) is 1.95. The van der Waals surface area contributed by atoms with Gasteiger partial charge in [0.15, 0.2) is 0 Å². The van der Waals surface area contributed by atoms with Gasteiger partial charge in [0.25, 0.3) is 0 Å². The fraction of sp³-hybridized carbons (Fsp3) is 0.455. The molecule has 4 heteroatoms. The highest BCUT2D eigenvalue weighted by molar-refractivity contribution is 5.37. The maximum absolute atomic E-state index is 12.7. The number of benzene rings is 1. The summed E-state index contributed by atoms with van der Waals surface area (Å²) in [5, 5.41) is 2.80. The van der Waals surface area contributed by atoms with Crippen LogP contribution in [0.5, 0.6) is 0 Å². The molecule has 0 aromatic heterocycles. The highest BCUT2D eigenvalue weighted by Crippen LogP contribution is 2.38. The first-order chi connectivity index (χ1) is 6.98. The standard InChI is InChI=1S/C11H12F3N/c1-7-2-3-8-5-15-6-10(9(8)4-7)11(12,13)14/h2-4,10,15H,5-6H2,1H3. The van der Waals surface area contributed by atoms with E-state index in [-0.39, 0.29) is 6.54 Å². The van der Waals surface area contributed by atoms with Crippen LogP contribution in [0.15, 0.2) is 18.2 Å². The molecule has 1 unspecified atom stereocenters. The minimum atomic E-state index is -4.16. The lowest BCUT2D eigenvalue weighted by Gasteiger charge is -2.28. The molecule has 0 radical (unpaired) electrons. The highest BCUT2D eigenvalue weighted by Gasteiger charge is 2.42. The molecule has 1 nitrogen and oxygen atoms in total. The van der Waals surface area contributed by atoms with Gasteiger partial charge in [-0.15, -0.1) is 0 Å². The first-order valence-electron chi connectivity index (χ1n) is 4.85. The van der Waals surface area contributed by atoms with Gasteiger partial charge in [-0.1, -0.05) is 23.8 Å². The Morgan fingerprint density at radius 2 is 2.07 bits per heavy atom. The van der Waals surface area contributed by atoms with E-state index in [1.807, 2.05) is 13.0 Å². The minimum Gasteiger partial charge on any atom is -0.312 e. The van der Waals surface area contributed by atoms with Crippen molar-refractivity contribution in [3.05, 3.63) is 34.9 Å². The van der Waals surface area contributed by atoms with Gasteiger partial charge >= 0.3 is 6.18 Å². The molecule has 1 N–H and O–H groups in total. The summed E-state index contributed by atoms with van der Waals surface area (Å²) in [4.78, 5) is 0. The molecule has 1 aliphatic rings. The van der Waals surface area contributed by atoms with Crippen molar-refractivity contribution in [2.24, 2.45) is 0 Å². The Bertz CT molecular complexity index is 371. The number of nitrogens with one attached hydrogen (secondary N) is 1. The van der Waals surface area contributed by atoms with Crippen molar-refractivity contribution in [2.45, 2.75) is 25.6 Å². The molecular weight excluding hydrogens is 203 g/mol. The van der Waals surface area contributed by atoms with Crippen LogP contribution in [-0.2, 0) is 6.54 Å². The predicted octanol–water partition coefficient (Wildman–Crippen LogP) is 2.74. The normalized spacial score (nSPS) is 21.2. The van der Waals surface area contributed by atoms with Crippen LogP contribution in [0.25, 0.3) is 0 Å². The van der Waals surface area contributed by atoms with Crippen molar-refractivity contribution in [3.63, 3.8) is 0 Å². The molecule has 0 spiro atoms. The fourth-order valence-electron chi connectivity index (χ4n) is 1.95. The van der Waals surface area contributed by atoms with Gasteiger partial charge in [0.05, 0.1) is 5.92 Å². The SMILES string of the molecule is Cc1ccc2c(c1)C(C(F)(F)F)CNC2. The second kappa shape index (κ2) is 3.52. The van der Waals surface area contributed by atoms with E-state index in [1.54, 1.807) is 12.1 Å². The Kier molecular flexibility index (Phi) is 2.46. The van der Waals surface area contributed by atoms with Crippen molar-refractivity contribution < 1.29 is 13.2 Å². The van der Waals surface area contributed by atoms with Crippen molar-refractivity contribution in [1.82, 2.24) is 5.32 Å². The zero-order valence-corrected chi connectivity index (χ0v) is 8.36. The molecule has 82 valence electrons. The topological polar surface area (TPSA) is 12.0 Å². The lowest BCUT2D eigenvalue weighted by atomic mass is 9.89. The van der Waals surface area contributed by atoms with Crippen molar-refractivity contribution >= 4 is 0 Å². The summed E-state index contributed by atoms with van der Waals surface area (Å²) in [6.07, 6.45) is -4.16. The third-order valence-electron chi connectivity index (χ3n) is 2.74. The third kappa shape index (κ3) is 2.00. The van der Waals surface area contributed by atoms with E-state index in [2.05, 4.69) is 5.32 Å². The number of aryl methyl sites for hydroxylation is 1. The van der Waals surface area contributed by atoms with Crippen LogP contribution < -0.4 is 5.32 Å². The van der Waals surface area contributed by atoms with Crippen LogP contribution in [0.2, 0.25) is 0 Å². The summed E-state index contributed by atoms with van der Waals surface area (Å²) >= 11 is 0. The van der Waals surface area contributed by atoms with Gasteiger partial charge in [-0.05, 0) is 18.1 Å². The second-order valence-corrected chi connectivity index (χ2v) is 3.93. The Morgan fingerprint density at radius 3 is 2.73 bits per heavy atom. The summed E-state index contributed by atoms with van der Waals surface area (Å²) in [5.74, 6) is -1.36. The van der Waals surface area contributed by atoms with Gasteiger partial charge in [0.2, 0.25) is 0 Å². The van der Waals surface area contributed by atoms with Crippen molar-refractivity contribution in [3.8, 4) is 0 Å². The molecular formula is C11H12F3N. The summed E-state index contributed by atoms with van der Waals surface area (Å²) in [5.41, 5.74) is 2.07. The monoisotopic (exact) mass is 215 g/mol. The zero-order chi connectivity index (χ0) is 11.1. The lowest BCUT2D eigenvalue weighted by Crippen LogP contribution is -2.36. The average molecular weight is 215 g/mol. The van der Waals surface area contributed by atoms with E-state index in [9.17, 15) is 13.2 Å². The van der Waals surface area contributed by atoms with E-state index in [1.165, 1.54) is 0 Å². The van der Waals surface area contributed by atoms with Crippen LogP contribution in [-0.4, -0.2) is 12.7 Å². The molecule has 1 atom stereocenters. The van der Waals surface area contributed by atoms with Gasteiger partial charge in [-0.2, -0.15) is 13.2 Å². The number of rotatable bonds is 0. The first-order valence-corrected chi connectivity index (χ1v) is 4.85. The molecule has 1 aliphatic heterocycles. The van der Waals surface area contributed by atoms with Crippen LogP contribution in [0.3, 0.4) is 0 Å². The quantitative estimate of drug-likeness (QED) is 0.701. The molecule has 0 amide bonds. The van der Waals surface area contributed by atoms with E-state index >= 15 is 0 Å². The number of alkyl halides is 3. The molecule has 0 saturated carbocycles. The Labute approximate surface area is 86.3 Å². The largest absolute Gasteiger partial charge is 0.396 e. The third-order valence-corrected chi connectivity index (χ3v) is 2.74. The number of fused-ring (bicyclic) bond motifs is 1. The van der Waals surface area contributed by atoms with Crippen LogP contribution in [0.1, 0.15) is 22.6 Å². The van der Waals surface area contributed by atoms with Crippen LogP contribution in [0, 0.1) is 6.92 Å². The molecule has 0 fully saturated rings. The molecule has 1 heterocycles. The molecule has 1 aromatic carbocycles. The molecule has 0 bridgehead atoms. The lowest BCUT2D eigenvalue weighted by molar-refractivity contribution is -0.150. The number of hydrogen-bond acceptors (Lipinski definition) is 1. The number of hydrogen-bond donors (Lipinski definition) is 1. The minimum absolute atomic E-state index is 0.0139. The number of halogens is 3. The van der Waals surface area contributed by atoms with E-state index in [0.717, 1.165) is 11.1 Å². The second-order valence-electron chi connectivity index (χ2n) is 3.93. The van der Waals surface area contributed by atoms with E-state index in [0.29, 0.717) is 12.1 Å². The summed E-state index contributed by atoms with van der Waals surface area (Å²) in [6.45, 7) is 2.33. The smallest absolute Gasteiger partial charge is 0.312 e. The molecule has 2 rings (SSSR count). The van der Waals surface area contributed by atoms with Crippen LogP contribution >= 0.6 is 0 Å². The predicted molar refractivity (Wildman–Crippen MR) is 51.7 cm³/mol. The van der Waals surface area contributed by atoms with Gasteiger partial charge in [-0.3, -0.25) is 0 Å². The maximum Gasteiger partial charge on any atom is 0.396 e.